The quantitative estimate of drug-likeness (QED) is 0.575. The second-order valence-electron chi connectivity index (χ2n) is 9.95. The van der Waals surface area contributed by atoms with E-state index in [9.17, 15) is 18.3 Å². The number of nitrogens with zero attached hydrogens (tertiary/aromatic N) is 2. The number of thiophene rings is 1. The highest BCUT2D eigenvalue weighted by Crippen LogP contribution is 2.49. The molecule has 2 aromatic heterocycles. The summed E-state index contributed by atoms with van der Waals surface area (Å²) in [6, 6.07) is 1.86. The Morgan fingerprint density at radius 2 is 2.00 bits per heavy atom. The summed E-state index contributed by atoms with van der Waals surface area (Å²) in [5.41, 5.74) is 1.12. The Kier molecular flexibility index (Phi) is 6.83. The fourth-order valence-corrected chi connectivity index (χ4v) is 7.48. The summed E-state index contributed by atoms with van der Waals surface area (Å²) in [5.74, 6) is 0.406. The van der Waals surface area contributed by atoms with Gasteiger partial charge in [-0.2, -0.15) is 13.2 Å². The number of aliphatic hydroxyl groups excluding tert-OH is 1. The average molecular weight is 499 g/mol. The van der Waals surface area contributed by atoms with Crippen LogP contribution in [0.1, 0.15) is 68.2 Å². The molecule has 1 aliphatic heterocycles. The van der Waals surface area contributed by atoms with E-state index in [1.54, 1.807) is 17.5 Å². The zero-order valence-electron chi connectivity index (χ0n) is 19.6. The maximum Gasteiger partial charge on any atom is 0.414 e. The summed E-state index contributed by atoms with van der Waals surface area (Å²) in [5, 5.41) is 10.6. The standard InChI is InChI=1S/C25H33F3N2O3S/c1-2-24(30-11-13-32-14-12-30)8-5-17(6-9-24)33-18-7-10-29-23-22(18)21-16(3-4-19(21)34-23)15-20(31)25(26,27)28/h7,10,16-17,20,31H,2-6,8-9,11-15H2,1H3/t16-,17-,20+,24-/m1/s1. The molecule has 3 aliphatic rings. The molecule has 188 valence electrons. The highest BCUT2D eigenvalue weighted by atomic mass is 32.1. The number of rotatable bonds is 6. The van der Waals surface area contributed by atoms with Crippen LogP contribution < -0.4 is 4.74 Å². The van der Waals surface area contributed by atoms with Crippen molar-refractivity contribution in [2.75, 3.05) is 26.3 Å². The Balaban J connectivity index is 1.33. The molecule has 34 heavy (non-hydrogen) atoms. The van der Waals surface area contributed by atoms with Crippen molar-refractivity contribution in [3.05, 3.63) is 22.7 Å². The van der Waals surface area contributed by atoms with E-state index in [-0.39, 0.29) is 24.0 Å². The van der Waals surface area contributed by atoms with Gasteiger partial charge in [-0.3, -0.25) is 4.90 Å². The van der Waals surface area contributed by atoms with Gasteiger partial charge in [0.1, 0.15) is 16.7 Å². The maximum atomic E-state index is 13.0. The van der Waals surface area contributed by atoms with Crippen molar-refractivity contribution in [2.24, 2.45) is 0 Å². The first-order valence-electron chi connectivity index (χ1n) is 12.5. The smallest absolute Gasteiger partial charge is 0.414 e. The third-order valence-corrected chi connectivity index (χ3v) is 9.35. The first kappa shape index (κ1) is 24.3. The van der Waals surface area contributed by atoms with Crippen molar-refractivity contribution in [3.63, 3.8) is 0 Å². The molecular weight excluding hydrogens is 465 g/mol. The fourth-order valence-electron chi connectivity index (χ4n) is 6.22. The lowest BCUT2D eigenvalue weighted by atomic mass is 9.77. The summed E-state index contributed by atoms with van der Waals surface area (Å²) in [7, 11) is 0. The number of morpholine rings is 1. The monoisotopic (exact) mass is 498 g/mol. The zero-order chi connectivity index (χ0) is 23.9. The number of aliphatic hydroxyl groups is 1. The Morgan fingerprint density at radius 1 is 1.26 bits per heavy atom. The molecule has 9 heteroatoms. The van der Waals surface area contributed by atoms with E-state index in [0.717, 1.165) is 91.2 Å². The number of ether oxygens (including phenoxy) is 2. The van der Waals surface area contributed by atoms with Crippen LogP contribution in [0.25, 0.3) is 10.2 Å². The molecule has 2 fully saturated rings. The van der Waals surface area contributed by atoms with Gasteiger partial charge in [0.2, 0.25) is 0 Å². The minimum absolute atomic E-state index is 0.0856. The van der Waals surface area contributed by atoms with Gasteiger partial charge in [-0.15, -0.1) is 11.3 Å². The van der Waals surface area contributed by atoms with Crippen LogP contribution in [-0.2, 0) is 11.2 Å². The van der Waals surface area contributed by atoms with E-state index in [1.165, 1.54) is 0 Å². The summed E-state index contributed by atoms with van der Waals surface area (Å²) in [4.78, 5) is 8.99. The molecule has 0 bridgehead atoms. The van der Waals surface area contributed by atoms with Gasteiger partial charge in [-0.1, -0.05) is 6.92 Å². The number of fused-ring (bicyclic) bond motifs is 3. The van der Waals surface area contributed by atoms with Gasteiger partial charge in [0.05, 0.1) is 24.7 Å². The molecular formula is C25H33F3N2O3S. The van der Waals surface area contributed by atoms with Crippen molar-refractivity contribution < 1.29 is 27.8 Å². The Labute approximate surface area is 202 Å². The largest absolute Gasteiger partial charge is 0.490 e. The predicted octanol–water partition coefficient (Wildman–Crippen LogP) is 5.44. The van der Waals surface area contributed by atoms with Crippen LogP contribution in [0.15, 0.2) is 12.3 Å². The van der Waals surface area contributed by atoms with Crippen LogP contribution in [0.4, 0.5) is 13.2 Å². The highest BCUT2D eigenvalue weighted by molar-refractivity contribution is 7.19. The van der Waals surface area contributed by atoms with Gasteiger partial charge >= 0.3 is 6.18 Å². The Bertz CT molecular complexity index is 997. The van der Waals surface area contributed by atoms with Crippen LogP contribution in [0.5, 0.6) is 5.75 Å². The van der Waals surface area contributed by atoms with Crippen molar-refractivity contribution in [1.29, 1.82) is 0 Å². The molecule has 2 atom stereocenters. The van der Waals surface area contributed by atoms with Crippen molar-refractivity contribution in [3.8, 4) is 5.75 Å². The lowest BCUT2D eigenvalue weighted by Crippen LogP contribution is -2.55. The van der Waals surface area contributed by atoms with Gasteiger partial charge < -0.3 is 14.6 Å². The van der Waals surface area contributed by atoms with Crippen LogP contribution >= 0.6 is 11.3 Å². The van der Waals surface area contributed by atoms with Gasteiger partial charge in [0, 0.05) is 29.7 Å². The number of pyridine rings is 1. The van der Waals surface area contributed by atoms with Gasteiger partial charge in [0.15, 0.2) is 0 Å². The second-order valence-corrected chi connectivity index (χ2v) is 11.0. The lowest BCUT2D eigenvalue weighted by molar-refractivity contribution is -0.206. The third-order valence-electron chi connectivity index (χ3n) is 8.18. The van der Waals surface area contributed by atoms with Crippen molar-refractivity contribution in [2.45, 2.75) is 88.1 Å². The molecule has 1 saturated carbocycles. The van der Waals surface area contributed by atoms with Crippen molar-refractivity contribution in [1.82, 2.24) is 9.88 Å². The topological polar surface area (TPSA) is 54.8 Å². The predicted molar refractivity (Wildman–Crippen MR) is 126 cm³/mol. The molecule has 5 rings (SSSR count). The summed E-state index contributed by atoms with van der Waals surface area (Å²) in [6.45, 7) is 5.83. The molecule has 3 heterocycles. The normalized spacial score (nSPS) is 29.3. The van der Waals surface area contributed by atoms with Gasteiger partial charge in [0.25, 0.3) is 0 Å². The maximum absolute atomic E-state index is 13.0. The van der Waals surface area contributed by atoms with E-state index in [2.05, 4.69) is 16.8 Å². The van der Waals surface area contributed by atoms with E-state index in [4.69, 9.17) is 9.47 Å². The number of hydrogen-bond acceptors (Lipinski definition) is 6. The van der Waals surface area contributed by atoms with Crippen LogP contribution in [0.3, 0.4) is 0 Å². The van der Waals surface area contributed by atoms with Crippen LogP contribution in [0, 0.1) is 0 Å². The Hall–Kier alpha value is -1.42. The van der Waals surface area contributed by atoms with Gasteiger partial charge in [-0.25, -0.2) is 4.98 Å². The number of aromatic nitrogens is 1. The zero-order valence-corrected chi connectivity index (χ0v) is 20.4. The molecule has 2 aliphatic carbocycles. The van der Waals surface area contributed by atoms with Crippen LogP contribution in [0.2, 0.25) is 0 Å². The van der Waals surface area contributed by atoms with E-state index in [0.29, 0.717) is 6.42 Å². The summed E-state index contributed by atoms with van der Waals surface area (Å²) >= 11 is 1.55. The average Bonchev–Trinajstić information content (AvgIpc) is 3.40. The number of alkyl halides is 3. The number of hydrogen-bond donors (Lipinski definition) is 1. The lowest BCUT2D eigenvalue weighted by Gasteiger charge is -2.49. The highest BCUT2D eigenvalue weighted by Gasteiger charge is 2.43. The molecule has 0 unspecified atom stereocenters. The minimum Gasteiger partial charge on any atom is -0.490 e. The Morgan fingerprint density at radius 3 is 2.68 bits per heavy atom. The number of aryl methyl sites for hydroxylation is 1. The minimum atomic E-state index is -4.60. The summed E-state index contributed by atoms with van der Waals surface area (Å²) < 4.78 is 51.2. The summed E-state index contributed by atoms with van der Waals surface area (Å²) in [6.07, 6.45) is 1.13. The molecule has 1 N–H and O–H groups in total. The molecule has 5 nitrogen and oxygen atoms in total. The molecule has 1 saturated heterocycles. The number of halogens is 3. The first-order valence-corrected chi connectivity index (χ1v) is 13.3. The molecule has 0 spiro atoms. The van der Waals surface area contributed by atoms with E-state index >= 15 is 0 Å². The van der Waals surface area contributed by atoms with Crippen molar-refractivity contribution >= 4 is 21.6 Å². The molecule has 0 radical (unpaired) electrons. The molecule has 2 aromatic rings. The van der Waals surface area contributed by atoms with E-state index in [1.807, 2.05) is 6.07 Å². The van der Waals surface area contributed by atoms with E-state index < -0.39 is 12.3 Å². The second kappa shape index (κ2) is 9.56. The molecule has 0 aromatic carbocycles. The van der Waals surface area contributed by atoms with Crippen LogP contribution in [-0.4, -0.2) is 65.2 Å². The fraction of sp³-hybridized carbons (Fsp3) is 0.720. The third kappa shape index (κ3) is 4.56. The van der Waals surface area contributed by atoms with Gasteiger partial charge in [-0.05, 0) is 68.9 Å². The SMILES string of the molecule is CC[C@]1(N2CCOCC2)CC[C@H](Oc2ccnc3sc4c(c23)[C@@H](C[C@H](O)C(F)(F)F)CC4)CC1. The molecule has 0 amide bonds. The first-order chi connectivity index (χ1) is 16.3.